The van der Waals surface area contributed by atoms with Crippen LogP contribution in [-0.2, 0) is 6.54 Å². The number of hydrogen-bond acceptors (Lipinski definition) is 3. The lowest BCUT2D eigenvalue weighted by Crippen LogP contribution is -2.44. The fourth-order valence-electron chi connectivity index (χ4n) is 1.58. The van der Waals surface area contributed by atoms with E-state index in [9.17, 15) is 0 Å². The molecule has 3 N–H and O–H groups in total. The summed E-state index contributed by atoms with van der Waals surface area (Å²) in [4.78, 5) is 4.31. The molecule has 0 atom stereocenters. The van der Waals surface area contributed by atoms with E-state index in [4.69, 9.17) is 15.2 Å². The lowest BCUT2D eigenvalue weighted by Gasteiger charge is -2.21. The van der Waals surface area contributed by atoms with Gasteiger partial charge < -0.3 is 20.5 Å². The number of methoxy groups -OCH3 is 2. The molecule has 0 bridgehead atoms. The van der Waals surface area contributed by atoms with Crippen molar-refractivity contribution in [1.29, 1.82) is 0 Å². The van der Waals surface area contributed by atoms with Gasteiger partial charge in [0, 0.05) is 17.2 Å². The van der Waals surface area contributed by atoms with Crippen LogP contribution in [0.3, 0.4) is 0 Å². The molecule has 5 nitrogen and oxygen atoms in total. The Hall–Kier alpha value is -1.91. The number of hydrogen-bond donors (Lipinski definition) is 2. The molecular formula is C14H23N3O2. The molecule has 0 aliphatic heterocycles. The van der Waals surface area contributed by atoms with Gasteiger partial charge in [-0.1, -0.05) is 0 Å². The second-order valence-electron chi connectivity index (χ2n) is 5.25. The van der Waals surface area contributed by atoms with Gasteiger partial charge in [-0.3, -0.25) is 0 Å². The van der Waals surface area contributed by atoms with Gasteiger partial charge in [0.15, 0.2) is 5.96 Å². The van der Waals surface area contributed by atoms with E-state index in [2.05, 4.69) is 10.3 Å². The zero-order chi connectivity index (χ0) is 14.5. The number of nitrogens with one attached hydrogen (secondary N) is 1. The molecule has 0 spiro atoms. The van der Waals surface area contributed by atoms with Crippen LogP contribution in [0.5, 0.6) is 11.5 Å². The van der Waals surface area contributed by atoms with E-state index in [0.717, 1.165) is 17.1 Å². The molecule has 1 aromatic carbocycles. The van der Waals surface area contributed by atoms with E-state index < -0.39 is 0 Å². The van der Waals surface area contributed by atoms with Crippen molar-refractivity contribution in [3.63, 3.8) is 0 Å². The summed E-state index contributed by atoms with van der Waals surface area (Å²) >= 11 is 0. The highest BCUT2D eigenvalue weighted by Gasteiger charge is 2.10. The van der Waals surface area contributed by atoms with Crippen LogP contribution in [0.1, 0.15) is 26.3 Å². The number of guanidine groups is 1. The van der Waals surface area contributed by atoms with Crippen LogP contribution in [0.4, 0.5) is 0 Å². The molecule has 0 amide bonds. The van der Waals surface area contributed by atoms with Crippen molar-refractivity contribution in [3.8, 4) is 11.5 Å². The predicted octanol–water partition coefficient (Wildman–Crippen LogP) is 1.91. The third-order valence-corrected chi connectivity index (χ3v) is 2.42. The number of aliphatic imine (C=N–C) groups is 1. The first kappa shape index (κ1) is 15.1. The van der Waals surface area contributed by atoms with E-state index in [1.807, 2.05) is 39.0 Å². The molecule has 5 heteroatoms. The minimum Gasteiger partial charge on any atom is -0.497 e. The van der Waals surface area contributed by atoms with E-state index >= 15 is 0 Å². The molecule has 1 rings (SSSR count). The van der Waals surface area contributed by atoms with Gasteiger partial charge in [0.1, 0.15) is 11.5 Å². The maximum atomic E-state index is 5.83. The van der Waals surface area contributed by atoms with E-state index in [0.29, 0.717) is 12.5 Å². The lowest BCUT2D eigenvalue weighted by atomic mass is 10.1. The minimum absolute atomic E-state index is 0.0996. The van der Waals surface area contributed by atoms with Crippen LogP contribution in [-0.4, -0.2) is 25.7 Å². The van der Waals surface area contributed by atoms with Crippen LogP contribution in [0.15, 0.2) is 23.2 Å². The molecule has 0 fully saturated rings. The largest absolute Gasteiger partial charge is 0.497 e. The van der Waals surface area contributed by atoms with Crippen molar-refractivity contribution in [1.82, 2.24) is 5.32 Å². The smallest absolute Gasteiger partial charge is 0.189 e. The van der Waals surface area contributed by atoms with E-state index in [-0.39, 0.29) is 5.54 Å². The maximum absolute atomic E-state index is 5.83. The van der Waals surface area contributed by atoms with Gasteiger partial charge >= 0.3 is 0 Å². The van der Waals surface area contributed by atoms with Crippen molar-refractivity contribution < 1.29 is 9.47 Å². The first-order valence-electron chi connectivity index (χ1n) is 6.14. The number of benzene rings is 1. The normalized spacial score (nSPS) is 12.2. The average Bonchev–Trinajstić information content (AvgIpc) is 2.34. The minimum atomic E-state index is -0.0996. The molecule has 0 aliphatic rings. The molecule has 0 aromatic heterocycles. The van der Waals surface area contributed by atoms with E-state index in [1.54, 1.807) is 14.2 Å². The summed E-state index contributed by atoms with van der Waals surface area (Å²) in [6.07, 6.45) is 0. The van der Waals surface area contributed by atoms with Crippen molar-refractivity contribution in [2.75, 3.05) is 14.2 Å². The van der Waals surface area contributed by atoms with Gasteiger partial charge in [0.25, 0.3) is 0 Å². The third kappa shape index (κ3) is 5.07. The SMILES string of the molecule is COc1ccc(CN=C(N)NC(C)(C)C)c(OC)c1. The zero-order valence-electron chi connectivity index (χ0n) is 12.3. The summed E-state index contributed by atoms with van der Waals surface area (Å²) in [6.45, 7) is 6.55. The third-order valence-electron chi connectivity index (χ3n) is 2.42. The summed E-state index contributed by atoms with van der Waals surface area (Å²) in [6, 6.07) is 5.63. The first-order valence-corrected chi connectivity index (χ1v) is 6.14. The zero-order valence-corrected chi connectivity index (χ0v) is 12.3. The van der Waals surface area contributed by atoms with E-state index in [1.165, 1.54) is 0 Å². The molecule has 0 saturated carbocycles. The summed E-state index contributed by atoms with van der Waals surface area (Å²) in [7, 11) is 3.25. The van der Waals surface area contributed by atoms with Crippen LogP contribution < -0.4 is 20.5 Å². The molecule has 106 valence electrons. The Morgan fingerprint density at radius 1 is 1.26 bits per heavy atom. The molecule has 0 heterocycles. The summed E-state index contributed by atoms with van der Waals surface area (Å²) < 4.78 is 10.5. The Morgan fingerprint density at radius 2 is 1.95 bits per heavy atom. The Bertz CT molecular complexity index is 450. The molecule has 0 saturated heterocycles. The van der Waals surface area contributed by atoms with Gasteiger partial charge in [-0.2, -0.15) is 0 Å². The highest BCUT2D eigenvalue weighted by atomic mass is 16.5. The highest BCUT2D eigenvalue weighted by molar-refractivity contribution is 5.78. The molecule has 0 radical (unpaired) electrons. The Morgan fingerprint density at radius 3 is 2.47 bits per heavy atom. The van der Waals surface area contributed by atoms with Crippen molar-refractivity contribution >= 4 is 5.96 Å². The second kappa shape index (κ2) is 6.31. The van der Waals surface area contributed by atoms with Gasteiger partial charge in [0.05, 0.1) is 20.8 Å². The Balaban J connectivity index is 2.79. The number of nitrogens with two attached hydrogens (primary N) is 1. The number of ether oxygens (including phenoxy) is 2. The number of nitrogens with zero attached hydrogens (tertiary/aromatic N) is 1. The van der Waals surface area contributed by atoms with Gasteiger partial charge in [-0.15, -0.1) is 0 Å². The van der Waals surface area contributed by atoms with Crippen LogP contribution >= 0.6 is 0 Å². The average molecular weight is 265 g/mol. The summed E-state index contributed by atoms with van der Waals surface area (Å²) in [5, 5.41) is 3.11. The number of rotatable bonds is 4. The van der Waals surface area contributed by atoms with Gasteiger partial charge in [0.2, 0.25) is 0 Å². The molecular weight excluding hydrogens is 242 g/mol. The first-order chi connectivity index (χ1) is 8.85. The monoisotopic (exact) mass is 265 g/mol. The Labute approximate surface area is 114 Å². The Kier molecular flexibility index (Phi) is 5.03. The van der Waals surface area contributed by atoms with Crippen molar-refractivity contribution in [2.45, 2.75) is 32.9 Å². The summed E-state index contributed by atoms with van der Waals surface area (Å²) in [5.74, 6) is 1.92. The molecule has 0 unspecified atom stereocenters. The summed E-state index contributed by atoms with van der Waals surface area (Å²) in [5.41, 5.74) is 6.69. The molecule has 19 heavy (non-hydrogen) atoms. The quantitative estimate of drug-likeness (QED) is 0.644. The lowest BCUT2D eigenvalue weighted by molar-refractivity contribution is 0.391. The highest BCUT2D eigenvalue weighted by Crippen LogP contribution is 2.25. The van der Waals surface area contributed by atoms with Crippen LogP contribution in [0.25, 0.3) is 0 Å². The topological polar surface area (TPSA) is 68.9 Å². The van der Waals surface area contributed by atoms with Crippen molar-refractivity contribution in [2.24, 2.45) is 10.7 Å². The van der Waals surface area contributed by atoms with Gasteiger partial charge in [-0.05, 0) is 32.9 Å². The van der Waals surface area contributed by atoms with Gasteiger partial charge in [-0.25, -0.2) is 4.99 Å². The molecule has 0 aliphatic carbocycles. The predicted molar refractivity (Wildman–Crippen MR) is 77.8 cm³/mol. The van der Waals surface area contributed by atoms with Crippen LogP contribution in [0.2, 0.25) is 0 Å². The maximum Gasteiger partial charge on any atom is 0.189 e. The van der Waals surface area contributed by atoms with Crippen molar-refractivity contribution in [3.05, 3.63) is 23.8 Å². The molecule has 1 aromatic rings. The standard InChI is InChI=1S/C14H23N3O2/c1-14(2,3)17-13(15)16-9-10-6-7-11(18-4)8-12(10)19-5/h6-8H,9H2,1-5H3,(H3,15,16,17). The fraction of sp³-hybridized carbons (Fsp3) is 0.500. The second-order valence-corrected chi connectivity index (χ2v) is 5.25. The van der Waals surface area contributed by atoms with Crippen LogP contribution in [0, 0.1) is 0 Å². The fourth-order valence-corrected chi connectivity index (χ4v) is 1.58.